The molecule has 1 aliphatic heterocycles. The fourth-order valence-corrected chi connectivity index (χ4v) is 2.96. The van der Waals surface area contributed by atoms with Gasteiger partial charge in [-0.25, -0.2) is 9.96 Å². The van der Waals surface area contributed by atoms with E-state index >= 15 is 0 Å². The normalized spacial score (nSPS) is 17.7. The van der Waals surface area contributed by atoms with Gasteiger partial charge in [-0.1, -0.05) is 36.4 Å². The molecule has 0 aliphatic carbocycles. The van der Waals surface area contributed by atoms with Gasteiger partial charge in [0.05, 0.1) is 17.8 Å². The zero-order valence-electron chi connectivity index (χ0n) is 13.1. The van der Waals surface area contributed by atoms with Gasteiger partial charge in [-0.05, 0) is 37.1 Å². The first kappa shape index (κ1) is 15.2. The van der Waals surface area contributed by atoms with Gasteiger partial charge in [-0.3, -0.25) is 14.8 Å². The molecule has 5 heteroatoms. The molecule has 1 fully saturated rings. The quantitative estimate of drug-likeness (QED) is 0.699. The Bertz CT molecular complexity index is 738. The Morgan fingerprint density at radius 2 is 1.61 bits per heavy atom. The Morgan fingerprint density at radius 1 is 1.00 bits per heavy atom. The minimum Gasteiger partial charge on any atom is -0.288 e. The van der Waals surface area contributed by atoms with Crippen molar-refractivity contribution in [3.8, 4) is 0 Å². The largest absolute Gasteiger partial charge is 0.288 e. The van der Waals surface area contributed by atoms with Crippen LogP contribution in [0.5, 0.6) is 0 Å². The molecule has 2 amide bonds. The molecule has 2 aromatic carbocycles. The number of benzene rings is 2. The summed E-state index contributed by atoms with van der Waals surface area (Å²) in [6.07, 6.45) is -0.0436. The number of amides is 2. The van der Waals surface area contributed by atoms with Gasteiger partial charge in [0.25, 0.3) is 5.91 Å². The fourth-order valence-electron chi connectivity index (χ4n) is 2.96. The lowest BCUT2D eigenvalue weighted by molar-refractivity contribution is -0.121. The molecule has 0 unspecified atom stereocenters. The molecule has 1 heterocycles. The first-order valence-corrected chi connectivity index (χ1v) is 7.47. The highest BCUT2D eigenvalue weighted by molar-refractivity contribution is 6.23. The number of aryl methyl sites for hydroxylation is 2. The highest BCUT2D eigenvalue weighted by atomic mass is 16.5. The van der Waals surface area contributed by atoms with Crippen molar-refractivity contribution in [3.05, 3.63) is 59.7 Å². The molecule has 3 rings (SSSR count). The van der Waals surface area contributed by atoms with E-state index in [4.69, 9.17) is 0 Å². The number of para-hydroxylation sites is 2. The number of anilines is 2. The van der Waals surface area contributed by atoms with Crippen LogP contribution in [0, 0.1) is 13.8 Å². The van der Waals surface area contributed by atoms with E-state index in [1.54, 1.807) is 24.3 Å². The minimum absolute atomic E-state index is 0.0436. The van der Waals surface area contributed by atoms with Gasteiger partial charge in [-0.2, -0.15) is 0 Å². The second-order valence-corrected chi connectivity index (χ2v) is 5.71. The Hall–Kier alpha value is -2.66. The third-order valence-electron chi connectivity index (χ3n) is 4.10. The van der Waals surface area contributed by atoms with Crippen molar-refractivity contribution in [2.75, 3.05) is 9.96 Å². The average molecular weight is 310 g/mol. The monoisotopic (exact) mass is 310 g/mol. The summed E-state index contributed by atoms with van der Waals surface area (Å²) < 4.78 is 0. The lowest BCUT2D eigenvalue weighted by atomic mass is 10.1. The maximum atomic E-state index is 12.7. The third kappa shape index (κ3) is 2.59. The van der Waals surface area contributed by atoms with E-state index in [1.807, 2.05) is 38.1 Å². The molecule has 1 atom stereocenters. The average Bonchev–Trinajstić information content (AvgIpc) is 2.83. The van der Waals surface area contributed by atoms with Crippen LogP contribution in [-0.2, 0) is 9.59 Å². The third-order valence-corrected chi connectivity index (χ3v) is 4.10. The van der Waals surface area contributed by atoms with E-state index < -0.39 is 11.9 Å². The molecular weight excluding hydrogens is 292 g/mol. The highest BCUT2D eigenvalue weighted by Gasteiger charge is 2.43. The topological polar surface area (TPSA) is 60.9 Å². The van der Waals surface area contributed by atoms with Crippen LogP contribution in [-0.4, -0.2) is 23.1 Å². The summed E-state index contributed by atoms with van der Waals surface area (Å²) in [5.41, 5.74) is 2.82. The van der Waals surface area contributed by atoms with Crippen molar-refractivity contribution >= 4 is 23.2 Å². The Labute approximate surface area is 134 Å². The molecule has 118 valence electrons. The van der Waals surface area contributed by atoms with Gasteiger partial charge in [0.1, 0.15) is 6.04 Å². The Morgan fingerprint density at radius 3 is 2.22 bits per heavy atom. The van der Waals surface area contributed by atoms with E-state index in [0.29, 0.717) is 11.4 Å². The highest BCUT2D eigenvalue weighted by Crippen LogP contribution is 2.32. The summed E-state index contributed by atoms with van der Waals surface area (Å²) >= 11 is 0. The maximum absolute atomic E-state index is 12.7. The number of hydrogen-bond acceptors (Lipinski definition) is 4. The van der Waals surface area contributed by atoms with Gasteiger partial charge in [-0.15, -0.1) is 0 Å². The maximum Gasteiger partial charge on any atom is 0.259 e. The molecule has 0 aromatic heterocycles. The van der Waals surface area contributed by atoms with E-state index in [2.05, 4.69) is 0 Å². The zero-order valence-corrected chi connectivity index (χ0v) is 13.1. The van der Waals surface area contributed by atoms with Gasteiger partial charge in [0.2, 0.25) is 5.91 Å². The molecule has 0 spiro atoms. The standard InChI is InChI=1S/C18H18N2O3/c1-12-7-6-8-13(2)17(12)19-16(21)11-15(18(19)22)20(23)14-9-4-3-5-10-14/h3-10,15,23H,11H2,1-2H3/t15-/m0/s1. The first-order chi connectivity index (χ1) is 11.0. The molecule has 23 heavy (non-hydrogen) atoms. The van der Waals surface area contributed by atoms with Gasteiger partial charge in [0.15, 0.2) is 0 Å². The van der Waals surface area contributed by atoms with Crippen molar-refractivity contribution in [2.24, 2.45) is 0 Å². The molecule has 1 saturated heterocycles. The van der Waals surface area contributed by atoms with Gasteiger partial charge >= 0.3 is 0 Å². The summed E-state index contributed by atoms with van der Waals surface area (Å²) in [6.45, 7) is 3.73. The summed E-state index contributed by atoms with van der Waals surface area (Å²) in [5, 5.41) is 11.2. The van der Waals surface area contributed by atoms with Gasteiger partial charge < -0.3 is 0 Å². The number of rotatable bonds is 3. The lowest BCUT2D eigenvalue weighted by Gasteiger charge is -2.24. The van der Waals surface area contributed by atoms with Crippen LogP contribution in [0.25, 0.3) is 0 Å². The first-order valence-electron chi connectivity index (χ1n) is 7.47. The second-order valence-electron chi connectivity index (χ2n) is 5.71. The van der Waals surface area contributed by atoms with Crippen LogP contribution < -0.4 is 9.96 Å². The fraction of sp³-hybridized carbons (Fsp3) is 0.222. The van der Waals surface area contributed by atoms with Crippen LogP contribution in [0.4, 0.5) is 11.4 Å². The number of carbonyl (C=O) groups is 2. The predicted molar refractivity (Wildman–Crippen MR) is 87.5 cm³/mol. The predicted octanol–water partition coefficient (Wildman–Crippen LogP) is 2.83. The van der Waals surface area contributed by atoms with Gasteiger partial charge in [0, 0.05) is 0 Å². The smallest absolute Gasteiger partial charge is 0.259 e. The zero-order chi connectivity index (χ0) is 16.6. The van der Waals surface area contributed by atoms with Crippen LogP contribution >= 0.6 is 0 Å². The van der Waals surface area contributed by atoms with E-state index in [9.17, 15) is 14.8 Å². The van der Waals surface area contributed by atoms with Crippen molar-refractivity contribution in [2.45, 2.75) is 26.3 Å². The van der Waals surface area contributed by atoms with Crippen LogP contribution in [0.3, 0.4) is 0 Å². The van der Waals surface area contributed by atoms with E-state index in [1.165, 1.54) is 4.90 Å². The van der Waals surface area contributed by atoms with Crippen molar-refractivity contribution < 1.29 is 14.8 Å². The molecule has 2 aromatic rings. The number of carbonyl (C=O) groups excluding carboxylic acids is 2. The molecule has 0 bridgehead atoms. The Kier molecular flexibility index (Phi) is 3.88. The summed E-state index contributed by atoms with van der Waals surface area (Å²) in [5.74, 6) is -0.703. The molecule has 5 nitrogen and oxygen atoms in total. The van der Waals surface area contributed by atoms with Crippen LogP contribution in [0.2, 0.25) is 0 Å². The SMILES string of the molecule is Cc1cccc(C)c1N1C(=O)C[C@H](N(O)c2ccccc2)C1=O. The minimum atomic E-state index is -0.899. The lowest BCUT2D eigenvalue weighted by Crippen LogP contribution is -2.41. The van der Waals surface area contributed by atoms with Crippen molar-refractivity contribution in [1.82, 2.24) is 0 Å². The number of nitrogens with zero attached hydrogens (tertiary/aromatic N) is 2. The molecule has 0 saturated carbocycles. The van der Waals surface area contributed by atoms with E-state index in [-0.39, 0.29) is 12.3 Å². The summed E-state index contributed by atoms with van der Waals surface area (Å²) in [4.78, 5) is 26.3. The summed E-state index contributed by atoms with van der Waals surface area (Å²) in [7, 11) is 0. The number of imide groups is 1. The molecule has 1 aliphatic rings. The van der Waals surface area contributed by atoms with Crippen LogP contribution in [0.1, 0.15) is 17.5 Å². The number of hydrogen-bond donors (Lipinski definition) is 1. The second kappa shape index (κ2) is 5.85. The van der Waals surface area contributed by atoms with Crippen molar-refractivity contribution in [1.29, 1.82) is 0 Å². The molecular formula is C18H18N2O3. The Balaban J connectivity index is 1.95. The van der Waals surface area contributed by atoms with E-state index in [0.717, 1.165) is 16.2 Å². The number of hydroxylamine groups is 1. The molecule has 0 radical (unpaired) electrons. The molecule has 1 N–H and O–H groups in total. The summed E-state index contributed by atoms with van der Waals surface area (Å²) in [6, 6.07) is 13.5. The van der Waals surface area contributed by atoms with Crippen molar-refractivity contribution in [3.63, 3.8) is 0 Å². The van der Waals surface area contributed by atoms with Crippen LogP contribution in [0.15, 0.2) is 48.5 Å².